The van der Waals surface area contributed by atoms with Crippen molar-refractivity contribution in [2.75, 3.05) is 25.0 Å². The monoisotopic (exact) mass is 231 g/mol. The quantitative estimate of drug-likeness (QED) is 0.841. The zero-order valence-corrected chi connectivity index (χ0v) is 10.2. The van der Waals surface area contributed by atoms with E-state index < -0.39 is 0 Å². The van der Waals surface area contributed by atoms with E-state index in [1.807, 2.05) is 19.9 Å². The fourth-order valence-electron chi connectivity index (χ4n) is 1.59. The number of nitrogens with one attached hydrogen (secondary N) is 1. The summed E-state index contributed by atoms with van der Waals surface area (Å²) in [5.74, 6) is 0.0442. The first-order chi connectivity index (χ1) is 8.22. The van der Waals surface area contributed by atoms with E-state index in [0.717, 1.165) is 0 Å². The highest BCUT2D eigenvalue weighted by Crippen LogP contribution is 2.12. The SMILES string of the molecule is CCN(CC)C(=O)CNc1ccccc1C#N. The smallest absolute Gasteiger partial charge is 0.241 e. The van der Waals surface area contributed by atoms with Crippen LogP contribution in [0.4, 0.5) is 5.69 Å². The van der Waals surface area contributed by atoms with Gasteiger partial charge in [-0.05, 0) is 26.0 Å². The van der Waals surface area contributed by atoms with Gasteiger partial charge in [-0.3, -0.25) is 4.79 Å². The van der Waals surface area contributed by atoms with Gasteiger partial charge in [-0.1, -0.05) is 12.1 Å². The van der Waals surface area contributed by atoms with Crippen molar-refractivity contribution in [3.05, 3.63) is 29.8 Å². The molecule has 0 unspecified atom stereocenters. The van der Waals surface area contributed by atoms with Gasteiger partial charge in [0.05, 0.1) is 17.8 Å². The number of hydrogen-bond acceptors (Lipinski definition) is 3. The average molecular weight is 231 g/mol. The number of rotatable bonds is 5. The van der Waals surface area contributed by atoms with Gasteiger partial charge in [0.2, 0.25) is 5.91 Å². The molecule has 4 heteroatoms. The minimum atomic E-state index is 0.0442. The van der Waals surface area contributed by atoms with Crippen LogP contribution in [0.25, 0.3) is 0 Å². The largest absolute Gasteiger partial charge is 0.375 e. The number of hydrogen-bond donors (Lipinski definition) is 1. The summed E-state index contributed by atoms with van der Waals surface area (Å²) in [6, 6.07) is 9.26. The molecule has 0 bridgehead atoms. The topological polar surface area (TPSA) is 56.1 Å². The van der Waals surface area contributed by atoms with Crippen LogP contribution in [0.2, 0.25) is 0 Å². The molecule has 0 spiro atoms. The Morgan fingerprint density at radius 2 is 2.00 bits per heavy atom. The summed E-state index contributed by atoms with van der Waals surface area (Å²) in [5, 5.41) is 11.9. The molecule has 4 nitrogen and oxygen atoms in total. The normalized spacial score (nSPS) is 9.47. The second kappa shape index (κ2) is 6.54. The van der Waals surface area contributed by atoms with Crippen LogP contribution in [-0.4, -0.2) is 30.4 Å². The van der Waals surface area contributed by atoms with Crippen molar-refractivity contribution in [2.45, 2.75) is 13.8 Å². The molecular formula is C13H17N3O. The molecule has 0 fully saturated rings. The zero-order valence-electron chi connectivity index (χ0n) is 10.2. The Kier molecular flexibility index (Phi) is 5.02. The van der Waals surface area contributed by atoms with Crippen LogP contribution >= 0.6 is 0 Å². The molecule has 1 aromatic carbocycles. The lowest BCUT2D eigenvalue weighted by atomic mass is 10.2. The average Bonchev–Trinajstić information content (AvgIpc) is 2.38. The van der Waals surface area contributed by atoms with Crippen LogP contribution in [0, 0.1) is 11.3 Å². The number of nitriles is 1. The van der Waals surface area contributed by atoms with Crippen molar-refractivity contribution in [3.8, 4) is 6.07 Å². The van der Waals surface area contributed by atoms with Crippen LogP contribution in [-0.2, 0) is 4.79 Å². The zero-order chi connectivity index (χ0) is 12.7. The van der Waals surface area contributed by atoms with Gasteiger partial charge in [0.25, 0.3) is 0 Å². The van der Waals surface area contributed by atoms with E-state index in [2.05, 4.69) is 11.4 Å². The summed E-state index contributed by atoms with van der Waals surface area (Å²) in [6.07, 6.45) is 0. The first-order valence-corrected chi connectivity index (χ1v) is 5.73. The minimum absolute atomic E-state index is 0.0442. The Bertz CT molecular complexity index is 419. The number of anilines is 1. The molecule has 1 rings (SSSR count). The third-order valence-electron chi connectivity index (χ3n) is 2.59. The highest BCUT2D eigenvalue weighted by molar-refractivity contribution is 5.81. The van der Waals surface area contributed by atoms with Crippen molar-refractivity contribution in [2.24, 2.45) is 0 Å². The van der Waals surface area contributed by atoms with E-state index in [1.165, 1.54) is 0 Å². The number of likely N-dealkylation sites (N-methyl/N-ethyl adjacent to an activating group) is 1. The molecule has 0 aliphatic carbocycles. The molecule has 0 radical (unpaired) electrons. The number of carbonyl (C=O) groups is 1. The minimum Gasteiger partial charge on any atom is -0.375 e. The van der Waals surface area contributed by atoms with Gasteiger partial charge >= 0.3 is 0 Å². The summed E-state index contributed by atoms with van der Waals surface area (Å²) in [7, 11) is 0. The molecule has 0 aliphatic rings. The first-order valence-electron chi connectivity index (χ1n) is 5.73. The van der Waals surface area contributed by atoms with Crippen molar-refractivity contribution < 1.29 is 4.79 Å². The van der Waals surface area contributed by atoms with Gasteiger partial charge in [0, 0.05) is 13.1 Å². The van der Waals surface area contributed by atoms with Crippen LogP contribution < -0.4 is 5.32 Å². The van der Waals surface area contributed by atoms with E-state index in [4.69, 9.17) is 5.26 Å². The second-order valence-corrected chi connectivity index (χ2v) is 3.58. The Labute approximate surface area is 102 Å². The lowest BCUT2D eigenvalue weighted by Crippen LogP contribution is -2.35. The van der Waals surface area contributed by atoms with Gasteiger partial charge in [-0.2, -0.15) is 5.26 Å². The van der Waals surface area contributed by atoms with E-state index >= 15 is 0 Å². The van der Waals surface area contributed by atoms with E-state index in [-0.39, 0.29) is 12.5 Å². The predicted octanol–water partition coefficient (Wildman–Crippen LogP) is 1.84. The standard InChI is InChI=1S/C13H17N3O/c1-3-16(4-2)13(17)10-15-12-8-6-5-7-11(12)9-14/h5-8,15H,3-4,10H2,1-2H3. The van der Waals surface area contributed by atoms with Crippen molar-refractivity contribution >= 4 is 11.6 Å². The van der Waals surface area contributed by atoms with Crippen molar-refractivity contribution in [3.63, 3.8) is 0 Å². The lowest BCUT2D eigenvalue weighted by Gasteiger charge is -2.19. The summed E-state index contributed by atoms with van der Waals surface area (Å²) in [4.78, 5) is 13.5. The molecule has 0 atom stereocenters. The van der Waals surface area contributed by atoms with Gasteiger partial charge in [-0.25, -0.2) is 0 Å². The van der Waals surface area contributed by atoms with Gasteiger partial charge in [-0.15, -0.1) is 0 Å². The Balaban J connectivity index is 2.62. The molecule has 0 saturated carbocycles. The van der Waals surface area contributed by atoms with E-state index in [1.54, 1.807) is 23.1 Å². The first kappa shape index (κ1) is 13.0. The van der Waals surface area contributed by atoms with Crippen molar-refractivity contribution in [1.82, 2.24) is 4.90 Å². The number of benzene rings is 1. The Morgan fingerprint density at radius 3 is 2.59 bits per heavy atom. The lowest BCUT2D eigenvalue weighted by molar-refractivity contribution is -0.128. The van der Waals surface area contributed by atoms with Crippen LogP contribution in [0.1, 0.15) is 19.4 Å². The molecule has 1 aromatic rings. The molecule has 0 aromatic heterocycles. The number of nitrogens with zero attached hydrogens (tertiary/aromatic N) is 2. The molecule has 1 N–H and O–H groups in total. The van der Waals surface area contributed by atoms with E-state index in [9.17, 15) is 4.79 Å². The van der Waals surface area contributed by atoms with Crippen molar-refractivity contribution in [1.29, 1.82) is 5.26 Å². The van der Waals surface area contributed by atoms with Gasteiger partial charge < -0.3 is 10.2 Å². The number of carbonyl (C=O) groups excluding carboxylic acids is 1. The summed E-state index contributed by atoms with van der Waals surface area (Å²) in [5.41, 5.74) is 1.26. The number of para-hydroxylation sites is 1. The Hall–Kier alpha value is -2.02. The predicted molar refractivity (Wildman–Crippen MR) is 67.6 cm³/mol. The molecule has 17 heavy (non-hydrogen) atoms. The molecule has 0 heterocycles. The summed E-state index contributed by atoms with van der Waals surface area (Å²) >= 11 is 0. The molecule has 90 valence electrons. The fourth-order valence-corrected chi connectivity index (χ4v) is 1.59. The third kappa shape index (κ3) is 3.49. The maximum Gasteiger partial charge on any atom is 0.241 e. The summed E-state index contributed by atoms with van der Waals surface area (Å²) < 4.78 is 0. The van der Waals surface area contributed by atoms with Gasteiger partial charge in [0.15, 0.2) is 0 Å². The highest BCUT2D eigenvalue weighted by atomic mass is 16.2. The van der Waals surface area contributed by atoms with Crippen LogP contribution in [0.3, 0.4) is 0 Å². The maximum absolute atomic E-state index is 11.8. The Morgan fingerprint density at radius 1 is 1.35 bits per heavy atom. The molecule has 0 saturated heterocycles. The fraction of sp³-hybridized carbons (Fsp3) is 0.385. The molecular weight excluding hydrogens is 214 g/mol. The summed E-state index contributed by atoms with van der Waals surface area (Å²) in [6.45, 7) is 5.53. The molecule has 1 amide bonds. The van der Waals surface area contributed by atoms with Crippen LogP contribution in [0.5, 0.6) is 0 Å². The van der Waals surface area contributed by atoms with Gasteiger partial charge in [0.1, 0.15) is 6.07 Å². The number of amides is 1. The van der Waals surface area contributed by atoms with E-state index in [0.29, 0.717) is 24.3 Å². The highest BCUT2D eigenvalue weighted by Gasteiger charge is 2.09. The molecule has 0 aliphatic heterocycles. The van der Waals surface area contributed by atoms with Crippen LogP contribution in [0.15, 0.2) is 24.3 Å². The second-order valence-electron chi connectivity index (χ2n) is 3.58. The maximum atomic E-state index is 11.8. The third-order valence-corrected chi connectivity index (χ3v) is 2.59.